The highest BCUT2D eigenvalue weighted by molar-refractivity contribution is 7.89. The smallest absolute Gasteiger partial charge is 0.246 e. The van der Waals surface area contributed by atoms with Crippen LogP contribution in [0.3, 0.4) is 0 Å². The average Bonchev–Trinajstić information content (AvgIpc) is 2.41. The van der Waals surface area contributed by atoms with Crippen molar-refractivity contribution in [3.05, 3.63) is 29.8 Å². The SMILES string of the molecule is N#CC1CN(S(=O)(=O)c2cc(F)ccc2F)CCO1. The minimum atomic E-state index is -4.17. The van der Waals surface area contributed by atoms with E-state index < -0.39 is 32.7 Å². The summed E-state index contributed by atoms with van der Waals surface area (Å²) in [5.74, 6) is -1.87. The summed E-state index contributed by atoms with van der Waals surface area (Å²) in [6.45, 7) is -0.167. The Kier molecular flexibility index (Phi) is 3.80. The molecule has 2 rings (SSSR count). The Bertz CT molecular complexity index is 627. The maximum absolute atomic E-state index is 13.5. The van der Waals surface area contributed by atoms with Gasteiger partial charge < -0.3 is 4.74 Å². The van der Waals surface area contributed by atoms with Crippen molar-refractivity contribution in [2.75, 3.05) is 19.7 Å². The molecule has 1 unspecified atom stereocenters. The van der Waals surface area contributed by atoms with Crippen molar-refractivity contribution in [2.24, 2.45) is 0 Å². The van der Waals surface area contributed by atoms with Gasteiger partial charge >= 0.3 is 0 Å². The first-order valence-corrected chi connectivity index (χ1v) is 6.85. The molecule has 0 aliphatic carbocycles. The molecule has 102 valence electrons. The molecule has 0 N–H and O–H groups in total. The van der Waals surface area contributed by atoms with Crippen LogP contribution in [0.2, 0.25) is 0 Å². The third-order valence-corrected chi connectivity index (χ3v) is 4.56. The number of nitriles is 1. The van der Waals surface area contributed by atoms with Gasteiger partial charge in [0.25, 0.3) is 0 Å². The molecule has 1 saturated heterocycles. The highest BCUT2D eigenvalue weighted by atomic mass is 32.2. The maximum atomic E-state index is 13.5. The van der Waals surface area contributed by atoms with Crippen LogP contribution in [0.5, 0.6) is 0 Å². The fourth-order valence-corrected chi connectivity index (χ4v) is 3.24. The van der Waals surface area contributed by atoms with Gasteiger partial charge in [-0.3, -0.25) is 0 Å². The molecule has 0 radical (unpaired) electrons. The van der Waals surface area contributed by atoms with E-state index in [1.54, 1.807) is 6.07 Å². The van der Waals surface area contributed by atoms with Gasteiger partial charge in [-0.25, -0.2) is 17.2 Å². The molecule has 0 saturated carbocycles. The van der Waals surface area contributed by atoms with Crippen LogP contribution < -0.4 is 0 Å². The summed E-state index contributed by atoms with van der Waals surface area (Å²) in [6, 6.07) is 4.01. The molecular weight excluding hydrogens is 278 g/mol. The lowest BCUT2D eigenvalue weighted by Gasteiger charge is -2.28. The van der Waals surface area contributed by atoms with E-state index in [-0.39, 0.29) is 19.7 Å². The number of morpholine rings is 1. The van der Waals surface area contributed by atoms with Crippen molar-refractivity contribution in [1.29, 1.82) is 5.26 Å². The number of sulfonamides is 1. The zero-order chi connectivity index (χ0) is 14.0. The number of hydrogen-bond acceptors (Lipinski definition) is 4. The van der Waals surface area contributed by atoms with Gasteiger partial charge in [0.1, 0.15) is 16.5 Å². The normalized spacial score (nSPS) is 21.0. The van der Waals surface area contributed by atoms with Crippen LogP contribution in [0.25, 0.3) is 0 Å². The number of benzene rings is 1. The van der Waals surface area contributed by atoms with Gasteiger partial charge in [-0.05, 0) is 18.2 Å². The summed E-state index contributed by atoms with van der Waals surface area (Å²) in [5, 5.41) is 8.71. The third-order valence-electron chi connectivity index (χ3n) is 2.68. The second kappa shape index (κ2) is 5.21. The topological polar surface area (TPSA) is 70.4 Å². The Morgan fingerprint density at radius 3 is 2.84 bits per heavy atom. The Morgan fingerprint density at radius 2 is 2.16 bits per heavy atom. The fraction of sp³-hybridized carbons (Fsp3) is 0.364. The third kappa shape index (κ3) is 2.73. The van der Waals surface area contributed by atoms with Crippen LogP contribution in [0.4, 0.5) is 8.78 Å². The lowest BCUT2D eigenvalue weighted by molar-refractivity contribution is 0.0310. The van der Waals surface area contributed by atoms with Crippen LogP contribution in [0.15, 0.2) is 23.1 Å². The van der Waals surface area contributed by atoms with E-state index in [4.69, 9.17) is 10.00 Å². The molecule has 1 fully saturated rings. The monoisotopic (exact) mass is 288 g/mol. The summed E-state index contributed by atoms with van der Waals surface area (Å²) in [5.41, 5.74) is 0. The van der Waals surface area contributed by atoms with Crippen molar-refractivity contribution < 1.29 is 21.9 Å². The van der Waals surface area contributed by atoms with Gasteiger partial charge in [-0.1, -0.05) is 0 Å². The molecule has 1 aromatic rings. The lowest BCUT2D eigenvalue weighted by atomic mass is 10.3. The largest absolute Gasteiger partial charge is 0.361 e. The van der Waals surface area contributed by atoms with E-state index >= 15 is 0 Å². The second-order valence-electron chi connectivity index (χ2n) is 3.93. The number of rotatable bonds is 2. The van der Waals surface area contributed by atoms with Crippen LogP contribution in [0, 0.1) is 23.0 Å². The van der Waals surface area contributed by atoms with Crippen molar-refractivity contribution >= 4 is 10.0 Å². The van der Waals surface area contributed by atoms with Gasteiger partial charge in [-0.15, -0.1) is 0 Å². The van der Waals surface area contributed by atoms with Crippen LogP contribution >= 0.6 is 0 Å². The number of ether oxygens (including phenoxy) is 1. The minimum absolute atomic E-state index is 0.00351. The maximum Gasteiger partial charge on any atom is 0.246 e. The molecular formula is C11H10F2N2O3S. The summed E-state index contributed by atoms with van der Waals surface area (Å²) in [6.07, 6.45) is -0.903. The fourth-order valence-electron chi connectivity index (χ4n) is 1.74. The highest BCUT2D eigenvalue weighted by Gasteiger charge is 2.32. The quantitative estimate of drug-likeness (QED) is 0.810. The molecule has 5 nitrogen and oxygen atoms in total. The predicted octanol–water partition coefficient (Wildman–Crippen LogP) is 0.878. The zero-order valence-corrected chi connectivity index (χ0v) is 10.5. The van der Waals surface area contributed by atoms with Crippen molar-refractivity contribution in [3.8, 4) is 6.07 Å². The molecule has 8 heteroatoms. The predicted molar refractivity (Wildman–Crippen MR) is 60.5 cm³/mol. The first-order chi connectivity index (χ1) is 8.95. The van der Waals surface area contributed by atoms with Crippen molar-refractivity contribution in [1.82, 2.24) is 4.31 Å². The molecule has 19 heavy (non-hydrogen) atoms. The van der Waals surface area contributed by atoms with E-state index in [1.807, 2.05) is 0 Å². The van der Waals surface area contributed by atoms with Gasteiger partial charge in [0, 0.05) is 6.54 Å². The van der Waals surface area contributed by atoms with E-state index in [0.29, 0.717) is 6.07 Å². The molecule has 1 aliphatic heterocycles. The van der Waals surface area contributed by atoms with E-state index in [9.17, 15) is 17.2 Å². The van der Waals surface area contributed by atoms with E-state index in [0.717, 1.165) is 16.4 Å². The molecule has 0 aromatic heterocycles. The standard InChI is InChI=1S/C11H10F2N2O3S/c12-8-1-2-10(13)11(5-8)19(16,17)15-3-4-18-9(6-14)7-15/h1-2,5,9H,3-4,7H2. The van der Waals surface area contributed by atoms with Gasteiger partial charge in [0.15, 0.2) is 6.10 Å². The molecule has 0 bridgehead atoms. The van der Waals surface area contributed by atoms with Crippen LogP contribution in [0.1, 0.15) is 0 Å². The first kappa shape index (κ1) is 13.9. The number of nitrogens with zero attached hydrogens (tertiary/aromatic N) is 2. The Labute approximate surface area is 109 Å². The minimum Gasteiger partial charge on any atom is -0.361 e. The Morgan fingerprint density at radius 1 is 1.42 bits per heavy atom. The summed E-state index contributed by atoms with van der Waals surface area (Å²) < 4.78 is 56.9. The van der Waals surface area contributed by atoms with Crippen molar-refractivity contribution in [3.63, 3.8) is 0 Å². The summed E-state index contributed by atoms with van der Waals surface area (Å²) >= 11 is 0. The molecule has 0 spiro atoms. The van der Waals surface area contributed by atoms with Crippen molar-refractivity contribution in [2.45, 2.75) is 11.0 Å². The highest BCUT2D eigenvalue weighted by Crippen LogP contribution is 2.22. The first-order valence-electron chi connectivity index (χ1n) is 5.41. The second-order valence-corrected chi connectivity index (χ2v) is 5.83. The summed E-state index contributed by atoms with van der Waals surface area (Å²) in [7, 11) is -4.17. The number of halogens is 2. The molecule has 1 aromatic carbocycles. The van der Waals surface area contributed by atoms with Gasteiger partial charge in [0.2, 0.25) is 10.0 Å². The molecule has 0 amide bonds. The number of hydrogen-bond donors (Lipinski definition) is 0. The van der Waals surface area contributed by atoms with E-state index in [2.05, 4.69) is 0 Å². The van der Waals surface area contributed by atoms with E-state index in [1.165, 1.54) is 0 Å². The lowest BCUT2D eigenvalue weighted by Crippen LogP contribution is -2.45. The Hall–Kier alpha value is -1.56. The average molecular weight is 288 g/mol. The van der Waals surface area contributed by atoms with Crippen LogP contribution in [-0.4, -0.2) is 38.5 Å². The molecule has 1 aliphatic rings. The molecule has 1 heterocycles. The Balaban J connectivity index is 2.37. The zero-order valence-electron chi connectivity index (χ0n) is 9.71. The summed E-state index contributed by atoms with van der Waals surface area (Å²) in [4.78, 5) is -0.730. The molecule has 1 atom stereocenters. The van der Waals surface area contributed by atoms with Gasteiger partial charge in [0.05, 0.1) is 19.2 Å². The van der Waals surface area contributed by atoms with Crippen LogP contribution in [-0.2, 0) is 14.8 Å². The van der Waals surface area contributed by atoms with Gasteiger partial charge in [-0.2, -0.15) is 9.57 Å².